The molecule has 0 atom stereocenters. The van der Waals surface area contributed by atoms with E-state index < -0.39 is 11.9 Å². The van der Waals surface area contributed by atoms with Crippen LogP contribution >= 0.6 is 0 Å². The van der Waals surface area contributed by atoms with Crippen LogP contribution in [-0.4, -0.2) is 35.1 Å². The van der Waals surface area contributed by atoms with Gasteiger partial charge in [-0.3, -0.25) is 9.97 Å². The van der Waals surface area contributed by atoms with Gasteiger partial charge < -0.3 is 9.47 Å². The molecule has 2 heterocycles. The Bertz CT molecular complexity index is 2590. The summed E-state index contributed by atoms with van der Waals surface area (Å²) < 4.78 is 10.5. The molecule has 2 aromatic heterocycles. The van der Waals surface area contributed by atoms with Crippen LogP contribution in [0.2, 0.25) is 0 Å². The molecule has 2 bridgehead atoms. The molecular formula is C48H32N2O4. The Morgan fingerprint density at radius 1 is 0.519 bits per heavy atom. The topological polar surface area (TPSA) is 78.4 Å². The number of nitrogens with zero attached hydrogens (tertiary/aromatic N) is 2. The molecule has 0 amide bonds. The number of pyridine rings is 2. The van der Waals surface area contributed by atoms with Crippen molar-refractivity contribution in [2.45, 2.75) is 25.7 Å². The van der Waals surface area contributed by atoms with Crippen LogP contribution in [0.25, 0.3) is 21.8 Å². The summed E-state index contributed by atoms with van der Waals surface area (Å²) in [6, 6.07) is 36.7. The number of aromatic nitrogens is 2. The minimum atomic E-state index is -0.398. The fourth-order valence-corrected chi connectivity index (χ4v) is 7.90. The van der Waals surface area contributed by atoms with E-state index in [0.29, 0.717) is 33.3 Å². The highest BCUT2D eigenvalue weighted by molar-refractivity contribution is 6.03. The van der Waals surface area contributed by atoms with E-state index in [2.05, 4.69) is 94.3 Å². The van der Waals surface area contributed by atoms with Crippen LogP contribution in [0.1, 0.15) is 102 Å². The molecule has 10 rings (SSSR count). The third-order valence-corrected chi connectivity index (χ3v) is 10.2. The van der Waals surface area contributed by atoms with Gasteiger partial charge >= 0.3 is 11.9 Å². The van der Waals surface area contributed by atoms with Crippen molar-refractivity contribution in [3.05, 3.63) is 188 Å². The number of rotatable bonds is 4. The zero-order valence-corrected chi connectivity index (χ0v) is 29.6. The number of carbonyl (C=O) groups is 2. The lowest BCUT2D eigenvalue weighted by atomic mass is 9.60. The second kappa shape index (κ2) is 13.5. The van der Waals surface area contributed by atoms with Gasteiger partial charge in [0.1, 0.15) is 0 Å². The van der Waals surface area contributed by atoms with Gasteiger partial charge in [0.05, 0.1) is 35.4 Å². The second-order valence-electron chi connectivity index (χ2n) is 13.3. The van der Waals surface area contributed by atoms with Crippen LogP contribution in [-0.2, 0) is 9.47 Å². The molecule has 0 spiro atoms. The van der Waals surface area contributed by atoms with Crippen molar-refractivity contribution in [2.24, 2.45) is 0 Å². The lowest BCUT2D eigenvalue weighted by Gasteiger charge is -2.42. The van der Waals surface area contributed by atoms with Crippen molar-refractivity contribution in [3.8, 4) is 23.7 Å². The zero-order chi connectivity index (χ0) is 36.8. The standard InChI is InChI=1S/C48H32N2O4/c1-3-53-47(51)39-17-9-11-33-23-29(27-49-45(33)39)19-21-31-25-41-42(44-37-15-7-5-13-35(37)43(41)36-14-6-8-16-38(36)44)26-32(31)22-20-30-24-34-12-10-18-40(46(34)50-28-30)48(52)54-4-2/h5-18,23-28,43-44H,3-4H2,1-2H3. The van der Waals surface area contributed by atoms with Crippen LogP contribution < -0.4 is 0 Å². The van der Waals surface area contributed by atoms with Crippen molar-refractivity contribution in [1.82, 2.24) is 9.97 Å². The van der Waals surface area contributed by atoms with Crippen molar-refractivity contribution < 1.29 is 19.1 Å². The minimum Gasteiger partial charge on any atom is -0.462 e. The SMILES string of the molecule is CCOC(=O)c1cccc2cc(C#Cc3cc4c(cc3C#Cc3cnc5c(C(=O)OCC)cccc5c3)C3c5ccccc5C4c4ccccc43)cnc12. The molecule has 5 aromatic carbocycles. The van der Waals surface area contributed by atoms with Crippen molar-refractivity contribution in [2.75, 3.05) is 13.2 Å². The van der Waals surface area contributed by atoms with Gasteiger partial charge in [0.2, 0.25) is 0 Å². The Morgan fingerprint density at radius 3 is 1.31 bits per heavy atom. The molecular weight excluding hydrogens is 669 g/mol. The maximum absolute atomic E-state index is 12.6. The average molecular weight is 701 g/mol. The number of hydrogen-bond acceptors (Lipinski definition) is 6. The van der Waals surface area contributed by atoms with Crippen LogP contribution in [0.15, 0.2) is 122 Å². The number of esters is 2. The average Bonchev–Trinajstić information content (AvgIpc) is 3.21. The molecule has 54 heavy (non-hydrogen) atoms. The first kappa shape index (κ1) is 32.9. The minimum absolute atomic E-state index is 0.0851. The molecule has 0 N–H and O–H groups in total. The first-order valence-corrected chi connectivity index (χ1v) is 18.0. The van der Waals surface area contributed by atoms with E-state index in [-0.39, 0.29) is 25.0 Å². The van der Waals surface area contributed by atoms with Gasteiger partial charge in [0, 0.05) is 57.3 Å². The number of carbonyl (C=O) groups excluding carboxylic acids is 2. The molecule has 6 heteroatoms. The van der Waals surface area contributed by atoms with E-state index in [4.69, 9.17) is 9.47 Å². The first-order chi connectivity index (χ1) is 26.5. The summed E-state index contributed by atoms with van der Waals surface area (Å²) in [7, 11) is 0. The fraction of sp³-hybridized carbons (Fsp3) is 0.125. The summed E-state index contributed by atoms with van der Waals surface area (Å²) >= 11 is 0. The van der Waals surface area contributed by atoms with E-state index in [0.717, 1.165) is 21.9 Å². The molecule has 0 saturated carbocycles. The van der Waals surface area contributed by atoms with E-state index >= 15 is 0 Å². The van der Waals surface area contributed by atoms with Gasteiger partial charge in [0.15, 0.2) is 0 Å². The predicted molar refractivity (Wildman–Crippen MR) is 209 cm³/mol. The Balaban J connectivity index is 1.17. The molecule has 0 aliphatic heterocycles. The number of para-hydroxylation sites is 2. The summed E-state index contributed by atoms with van der Waals surface area (Å²) in [5.74, 6) is 13.0. The Hall–Kier alpha value is -7.02. The highest BCUT2D eigenvalue weighted by Crippen LogP contribution is 2.55. The van der Waals surface area contributed by atoms with Crippen LogP contribution in [0.5, 0.6) is 0 Å². The lowest BCUT2D eigenvalue weighted by Crippen LogP contribution is -2.27. The maximum atomic E-state index is 12.6. The van der Waals surface area contributed by atoms with Crippen molar-refractivity contribution >= 4 is 33.7 Å². The second-order valence-corrected chi connectivity index (χ2v) is 13.3. The highest BCUT2D eigenvalue weighted by Gasteiger charge is 2.41. The molecule has 0 unspecified atom stereocenters. The first-order valence-electron chi connectivity index (χ1n) is 18.0. The van der Waals surface area contributed by atoms with Crippen molar-refractivity contribution in [3.63, 3.8) is 0 Å². The molecule has 3 aliphatic rings. The van der Waals surface area contributed by atoms with E-state index in [1.807, 2.05) is 36.4 Å². The molecule has 0 fully saturated rings. The Labute approximate surface area is 312 Å². The molecule has 258 valence electrons. The quantitative estimate of drug-likeness (QED) is 0.135. The third kappa shape index (κ3) is 5.57. The molecule has 0 radical (unpaired) electrons. The number of benzene rings is 5. The van der Waals surface area contributed by atoms with E-state index in [1.54, 1.807) is 38.4 Å². The van der Waals surface area contributed by atoms with Crippen LogP contribution in [0, 0.1) is 23.7 Å². The summed E-state index contributed by atoms with van der Waals surface area (Å²) in [6.07, 6.45) is 3.39. The number of hydrogen-bond donors (Lipinski definition) is 0. The largest absolute Gasteiger partial charge is 0.462 e. The molecule has 0 saturated heterocycles. The van der Waals surface area contributed by atoms with E-state index in [1.165, 1.54) is 33.4 Å². The third-order valence-electron chi connectivity index (χ3n) is 10.2. The zero-order valence-electron chi connectivity index (χ0n) is 29.6. The van der Waals surface area contributed by atoms with E-state index in [9.17, 15) is 9.59 Å². The summed E-state index contributed by atoms with van der Waals surface area (Å²) in [4.78, 5) is 34.4. The van der Waals surface area contributed by atoms with Gasteiger partial charge in [-0.15, -0.1) is 0 Å². The lowest BCUT2D eigenvalue weighted by molar-refractivity contribution is 0.0518. The normalized spacial score (nSPS) is 14.5. The van der Waals surface area contributed by atoms with Crippen molar-refractivity contribution in [1.29, 1.82) is 0 Å². The summed E-state index contributed by atoms with van der Waals surface area (Å²) in [5.41, 5.74) is 12.8. The maximum Gasteiger partial charge on any atom is 0.340 e. The highest BCUT2D eigenvalue weighted by atomic mass is 16.5. The Kier molecular flexibility index (Phi) is 8.22. The van der Waals surface area contributed by atoms with Gasteiger partial charge in [-0.25, -0.2) is 9.59 Å². The monoisotopic (exact) mass is 700 g/mol. The summed E-state index contributed by atoms with van der Waals surface area (Å²) in [5, 5.41) is 1.61. The number of ether oxygens (including phenoxy) is 2. The van der Waals surface area contributed by atoms with Gasteiger partial charge in [-0.2, -0.15) is 0 Å². The molecule has 7 aromatic rings. The van der Waals surface area contributed by atoms with Gasteiger partial charge in [-0.1, -0.05) is 96.5 Å². The molecule has 6 nitrogen and oxygen atoms in total. The number of fused-ring (bicyclic) bond motifs is 2. The summed E-state index contributed by atoms with van der Waals surface area (Å²) in [6.45, 7) is 4.15. The smallest absolute Gasteiger partial charge is 0.340 e. The Morgan fingerprint density at radius 2 is 0.926 bits per heavy atom. The van der Waals surface area contributed by atoms with Crippen LogP contribution in [0.4, 0.5) is 0 Å². The van der Waals surface area contributed by atoms with Gasteiger partial charge in [0.25, 0.3) is 0 Å². The fourth-order valence-electron chi connectivity index (χ4n) is 7.90. The predicted octanol–water partition coefficient (Wildman–Crippen LogP) is 8.92. The van der Waals surface area contributed by atoms with Gasteiger partial charge in [-0.05, 0) is 83.6 Å². The molecule has 3 aliphatic carbocycles. The van der Waals surface area contributed by atoms with Crippen LogP contribution in [0.3, 0.4) is 0 Å².